The summed E-state index contributed by atoms with van der Waals surface area (Å²) in [7, 11) is 0. The Bertz CT molecular complexity index is 4560. The summed E-state index contributed by atoms with van der Waals surface area (Å²) in [5.41, 5.74) is 16.7. The molecule has 1 aliphatic heterocycles. The fourth-order valence-electron chi connectivity index (χ4n) is 11.9. The Morgan fingerprint density at radius 2 is 1.00 bits per heavy atom. The Morgan fingerprint density at radius 3 is 1.68 bits per heavy atom. The molecule has 0 N–H and O–H groups in total. The lowest BCUT2D eigenvalue weighted by molar-refractivity contribution is 0.670. The topological polar surface area (TPSA) is 16.4 Å². The van der Waals surface area contributed by atoms with Crippen molar-refractivity contribution >= 4 is 106 Å². The van der Waals surface area contributed by atoms with Gasteiger partial charge in [0.25, 0.3) is 0 Å². The Balaban J connectivity index is 0.000000696. The molecule has 0 bridgehead atoms. The van der Waals surface area contributed by atoms with Crippen molar-refractivity contribution in [3.63, 3.8) is 0 Å². The summed E-state index contributed by atoms with van der Waals surface area (Å²) >= 11 is 2.02. The third kappa shape index (κ3) is 9.12. The number of furan rings is 1. The van der Waals surface area contributed by atoms with E-state index < -0.39 is 0 Å². The quantitative estimate of drug-likeness (QED) is 0.117. The lowest BCUT2D eigenvalue weighted by Gasteiger charge is -2.29. The first-order valence-electron chi connectivity index (χ1n) is 27.2. The molecule has 12 aromatic carbocycles. The maximum absolute atomic E-state index is 6.67. The third-order valence-corrected chi connectivity index (χ3v) is 16.9. The maximum atomic E-state index is 6.67. The van der Waals surface area contributed by atoms with Crippen molar-refractivity contribution in [1.29, 1.82) is 0 Å². The van der Waals surface area contributed by atoms with Crippen molar-refractivity contribution in [3.05, 3.63) is 302 Å². The molecule has 13 aromatic rings. The lowest BCUT2D eigenvalue weighted by Crippen LogP contribution is -2.18. The van der Waals surface area contributed by atoms with Gasteiger partial charge in [0, 0.05) is 49.5 Å². The van der Waals surface area contributed by atoms with Crippen LogP contribution in [-0.4, -0.2) is 5.25 Å². The highest BCUT2D eigenvalue weighted by Gasteiger charge is 2.40. The molecule has 0 radical (unpaired) electrons. The zero-order valence-corrected chi connectivity index (χ0v) is 45.1. The zero-order valence-electron chi connectivity index (χ0n) is 44.3. The number of hydrogen-bond donors (Lipinski definition) is 0. The first kappa shape index (κ1) is 49.2. The molecule has 3 heteroatoms. The average molecular weight is 1030 g/mol. The zero-order chi connectivity index (χ0) is 53.4. The summed E-state index contributed by atoms with van der Waals surface area (Å²) in [4.78, 5) is 3.81. The van der Waals surface area contributed by atoms with Crippen LogP contribution in [0.25, 0.3) is 98.9 Å². The molecule has 1 aromatic heterocycles. The minimum atomic E-state index is 0.329. The molecule has 0 saturated carbocycles. The van der Waals surface area contributed by atoms with Crippen LogP contribution in [0.15, 0.2) is 289 Å². The number of hydrogen-bond acceptors (Lipinski definition) is 3. The molecule has 79 heavy (non-hydrogen) atoms. The summed E-state index contributed by atoms with van der Waals surface area (Å²) in [6.07, 6.45) is 9.77. The van der Waals surface area contributed by atoms with Crippen molar-refractivity contribution in [3.8, 4) is 22.3 Å². The van der Waals surface area contributed by atoms with Crippen LogP contribution in [0.5, 0.6) is 0 Å². The van der Waals surface area contributed by atoms with Crippen molar-refractivity contribution in [2.75, 3.05) is 4.90 Å². The number of thioether (sulfide) groups is 1. The van der Waals surface area contributed by atoms with E-state index in [-0.39, 0.29) is 0 Å². The average Bonchev–Trinajstić information content (AvgIpc) is 4.11. The number of rotatable bonds is 7. The molecule has 0 fully saturated rings. The van der Waals surface area contributed by atoms with Gasteiger partial charge >= 0.3 is 0 Å². The fraction of sp³-hybridized carbons (Fsp3) is 0.0526. The van der Waals surface area contributed by atoms with Crippen molar-refractivity contribution in [1.82, 2.24) is 0 Å². The van der Waals surface area contributed by atoms with Crippen LogP contribution in [0.1, 0.15) is 42.0 Å². The second-order valence-corrected chi connectivity index (χ2v) is 21.5. The molecule has 15 rings (SSSR count). The maximum Gasteiger partial charge on any atom is 0.143 e. The normalized spacial score (nSPS) is 14.3. The van der Waals surface area contributed by atoms with E-state index >= 15 is 0 Å². The second-order valence-electron chi connectivity index (χ2n) is 20.3. The van der Waals surface area contributed by atoms with Gasteiger partial charge in [-0.2, -0.15) is 0 Å². The molecule has 2 heterocycles. The number of fused-ring (bicyclic) bond motifs is 13. The van der Waals surface area contributed by atoms with Gasteiger partial charge in [-0.1, -0.05) is 207 Å². The summed E-state index contributed by atoms with van der Waals surface area (Å²) in [5.74, 6) is 0.339. The predicted molar refractivity (Wildman–Crippen MR) is 342 cm³/mol. The van der Waals surface area contributed by atoms with Crippen molar-refractivity contribution in [2.45, 2.75) is 29.9 Å². The summed E-state index contributed by atoms with van der Waals surface area (Å²) in [5, 5.41) is 12.3. The van der Waals surface area contributed by atoms with Gasteiger partial charge in [-0.15, -0.1) is 18.3 Å². The van der Waals surface area contributed by atoms with E-state index in [2.05, 4.69) is 267 Å². The molecule has 2 atom stereocenters. The monoisotopic (exact) mass is 1030 g/mol. The number of anilines is 3. The fourth-order valence-corrected chi connectivity index (χ4v) is 13.4. The number of nitrogens with zero attached hydrogens (tertiary/aromatic N) is 1. The summed E-state index contributed by atoms with van der Waals surface area (Å²) in [6, 6.07) is 89.4. The van der Waals surface area contributed by atoms with Crippen LogP contribution in [0.3, 0.4) is 0 Å². The number of allylic oxidation sites excluding steroid dienone is 4. The van der Waals surface area contributed by atoms with Gasteiger partial charge in [0.1, 0.15) is 11.2 Å². The van der Waals surface area contributed by atoms with E-state index in [1.807, 2.05) is 37.8 Å². The first-order chi connectivity index (χ1) is 39.0. The minimum Gasteiger partial charge on any atom is -0.455 e. The molecule has 378 valence electrons. The number of para-hydroxylation sites is 1. The van der Waals surface area contributed by atoms with Crippen LogP contribution >= 0.6 is 11.8 Å². The lowest BCUT2D eigenvalue weighted by atomic mass is 9.77. The van der Waals surface area contributed by atoms with E-state index in [0.717, 1.165) is 44.7 Å². The van der Waals surface area contributed by atoms with E-state index in [4.69, 9.17) is 4.42 Å². The third-order valence-electron chi connectivity index (χ3n) is 15.5. The highest BCUT2D eigenvalue weighted by molar-refractivity contribution is 8.00. The molecule has 1 aliphatic carbocycles. The summed E-state index contributed by atoms with van der Waals surface area (Å²) in [6.45, 7) is 10.7. The minimum absolute atomic E-state index is 0.329. The van der Waals surface area contributed by atoms with Gasteiger partial charge in [-0.3, -0.25) is 0 Å². The highest BCUT2D eigenvalue weighted by Crippen LogP contribution is 2.57. The first-order valence-corrected chi connectivity index (χ1v) is 28.0. The molecule has 0 saturated heterocycles. The van der Waals surface area contributed by atoms with Crippen molar-refractivity contribution < 1.29 is 4.42 Å². The van der Waals surface area contributed by atoms with Crippen LogP contribution in [0.4, 0.5) is 17.1 Å². The molecule has 2 unspecified atom stereocenters. The van der Waals surface area contributed by atoms with Gasteiger partial charge in [0.2, 0.25) is 0 Å². The Kier molecular flexibility index (Phi) is 13.2. The van der Waals surface area contributed by atoms with Crippen LogP contribution in [-0.2, 0) is 0 Å². The smallest absolute Gasteiger partial charge is 0.143 e. The second kappa shape index (κ2) is 21.2. The van der Waals surface area contributed by atoms with Gasteiger partial charge in [-0.25, -0.2) is 0 Å². The number of benzene rings is 12. The Hall–Kier alpha value is -9.41. The van der Waals surface area contributed by atoms with Crippen LogP contribution < -0.4 is 4.90 Å². The molecule has 2 nitrogen and oxygen atoms in total. The SMILES string of the molecule is C1=C(c2ccc3cc(N(c4ccc5cc(-c6ccccc6)ccc5c4)c4ccc5cc(-c6cccc7c6oc6ccc8ccccc8c67)ccc5c4)ccc3c2)C2Sc3ccccc3C2c2ccccc21.C=C/C=C\C.C=CC. The molecule has 0 amide bonds. The van der Waals surface area contributed by atoms with E-state index in [1.165, 1.54) is 92.3 Å². The van der Waals surface area contributed by atoms with Gasteiger partial charge < -0.3 is 9.32 Å². The van der Waals surface area contributed by atoms with Crippen LogP contribution in [0.2, 0.25) is 0 Å². The summed E-state index contributed by atoms with van der Waals surface area (Å²) < 4.78 is 6.67. The largest absolute Gasteiger partial charge is 0.455 e. The van der Waals surface area contributed by atoms with E-state index in [9.17, 15) is 0 Å². The predicted octanol–water partition coefficient (Wildman–Crippen LogP) is 22.1. The molecular weight excluding hydrogens is 975 g/mol. The highest BCUT2D eigenvalue weighted by atomic mass is 32.2. The Labute approximate surface area is 466 Å². The standard InChI is InChI=1S/C68H43NOS.C5H8.C3H6/c1-2-11-42(12-3-1)44-21-22-48-38-54(31-27-45(48)35-44)69(55-32-28-46-36-52(25-23-49(46)39-55)59-18-10-19-61-65-57-15-6-4-13-43(57)30-34-63(65)70-67(59)61)56-33-29-47-37-53(26-24-50(47)40-56)62-41-51-14-5-7-16-58(51)66-60-17-8-9-20-64(60)71-68(62)66;1-3-5-4-2;1-3-2/h1-41,66,68H;3-5H,1H2,2H3;3H,1H2,2H3/b;5-4-;. The molecule has 0 spiro atoms. The van der Waals surface area contributed by atoms with Crippen molar-refractivity contribution in [2.24, 2.45) is 0 Å². The van der Waals surface area contributed by atoms with Crippen LogP contribution in [0, 0.1) is 0 Å². The molecule has 2 aliphatic rings. The Morgan fingerprint density at radius 1 is 0.456 bits per heavy atom. The van der Waals surface area contributed by atoms with E-state index in [1.54, 1.807) is 12.2 Å². The molecular formula is C76H57NOS. The van der Waals surface area contributed by atoms with Gasteiger partial charge in [0.05, 0.1) is 0 Å². The van der Waals surface area contributed by atoms with Gasteiger partial charge in [-0.05, 0) is 174 Å². The van der Waals surface area contributed by atoms with E-state index in [0.29, 0.717) is 11.2 Å². The van der Waals surface area contributed by atoms with Gasteiger partial charge in [0.15, 0.2) is 0 Å².